The fraction of sp³-hybridized carbons (Fsp3) is 0.458. The third-order valence-corrected chi connectivity index (χ3v) is 5.70. The first kappa shape index (κ1) is 22.6. The SMILES string of the molecule is CCCC(NC(=O)Cc1c(C)c2cc3c(C(C)(C)C)coc3c(C)c2oc1=O)C(=O)O. The summed E-state index contributed by atoms with van der Waals surface area (Å²) in [6.07, 6.45) is 2.43. The van der Waals surface area contributed by atoms with Crippen LogP contribution in [0.25, 0.3) is 21.9 Å². The second kappa shape index (κ2) is 8.21. The lowest BCUT2D eigenvalue weighted by Crippen LogP contribution is -2.41. The summed E-state index contributed by atoms with van der Waals surface area (Å²) in [6, 6.07) is 0.964. The first-order valence-corrected chi connectivity index (χ1v) is 10.4. The van der Waals surface area contributed by atoms with Gasteiger partial charge in [0.1, 0.15) is 17.2 Å². The minimum atomic E-state index is -1.09. The van der Waals surface area contributed by atoms with E-state index < -0.39 is 23.5 Å². The molecule has 0 saturated heterocycles. The Labute approximate surface area is 180 Å². The van der Waals surface area contributed by atoms with Crippen LogP contribution in [0, 0.1) is 13.8 Å². The first-order chi connectivity index (χ1) is 14.5. The zero-order valence-corrected chi connectivity index (χ0v) is 18.8. The van der Waals surface area contributed by atoms with E-state index in [-0.39, 0.29) is 17.4 Å². The van der Waals surface area contributed by atoms with Crippen LogP contribution in [0.4, 0.5) is 0 Å². The molecule has 7 nitrogen and oxygen atoms in total. The van der Waals surface area contributed by atoms with Gasteiger partial charge in [-0.05, 0) is 37.3 Å². The maximum absolute atomic E-state index is 12.7. The van der Waals surface area contributed by atoms with Crippen molar-refractivity contribution in [1.82, 2.24) is 5.32 Å². The smallest absolute Gasteiger partial charge is 0.340 e. The van der Waals surface area contributed by atoms with E-state index in [1.54, 1.807) is 13.2 Å². The molecule has 7 heteroatoms. The topological polar surface area (TPSA) is 110 Å². The number of rotatable bonds is 6. The van der Waals surface area contributed by atoms with Gasteiger partial charge in [0.15, 0.2) is 0 Å². The van der Waals surface area contributed by atoms with Gasteiger partial charge in [-0.1, -0.05) is 34.1 Å². The number of hydrogen-bond acceptors (Lipinski definition) is 5. The number of carbonyl (C=O) groups is 2. The zero-order chi connectivity index (χ0) is 23.1. The van der Waals surface area contributed by atoms with Crippen molar-refractivity contribution >= 4 is 33.8 Å². The van der Waals surface area contributed by atoms with Crippen molar-refractivity contribution in [3.63, 3.8) is 0 Å². The van der Waals surface area contributed by atoms with Crippen molar-refractivity contribution in [2.45, 2.75) is 72.3 Å². The molecule has 0 aliphatic heterocycles. The van der Waals surface area contributed by atoms with Crippen LogP contribution in [-0.4, -0.2) is 23.0 Å². The molecule has 0 aliphatic carbocycles. The van der Waals surface area contributed by atoms with E-state index in [1.165, 1.54) is 0 Å². The number of hydrogen-bond donors (Lipinski definition) is 2. The van der Waals surface area contributed by atoms with Gasteiger partial charge in [0, 0.05) is 21.9 Å². The third-order valence-electron chi connectivity index (χ3n) is 5.70. The molecule has 166 valence electrons. The summed E-state index contributed by atoms with van der Waals surface area (Å²) in [5.74, 6) is -1.61. The van der Waals surface area contributed by atoms with Gasteiger partial charge in [-0.25, -0.2) is 9.59 Å². The number of furan rings is 1. The van der Waals surface area contributed by atoms with Gasteiger partial charge < -0.3 is 19.3 Å². The van der Waals surface area contributed by atoms with E-state index in [0.29, 0.717) is 29.6 Å². The Morgan fingerprint density at radius 1 is 1.13 bits per heavy atom. The third kappa shape index (κ3) is 4.22. The number of nitrogens with one attached hydrogen (secondary N) is 1. The van der Waals surface area contributed by atoms with Crippen LogP contribution in [-0.2, 0) is 21.4 Å². The lowest BCUT2D eigenvalue weighted by Gasteiger charge is -2.17. The molecule has 2 heterocycles. The van der Waals surface area contributed by atoms with E-state index in [4.69, 9.17) is 8.83 Å². The average Bonchev–Trinajstić information content (AvgIpc) is 3.10. The fourth-order valence-electron chi connectivity index (χ4n) is 3.93. The van der Waals surface area contributed by atoms with Gasteiger partial charge in [-0.15, -0.1) is 0 Å². The van der Waals surface area contributed by atoms with E-state index in [0.717, 1.165) is 21.9 Å². The van der Waals surface area contributed by atoms with Crippen molar-refractivity contribution in [3.05, 3.63) is 45.0 Å². The minimum Gasteiger partial charge on any atom is -0.480 e. The number of carboxylic acids is 1. The number of aryl methyl sites for hydroxylation is 2. The molecule has 0 bridgehead atoms. The van der Waals surface area contributed by atoms with E-state index >= 15 is 0 Å². The summed E-state index contributed by atoms with van der Waals surface area (Å²) in [4.78, 5) is 36.5. The molecule has 0 radical (unpaired) electrons. The van der Waals surface area contributed by atoms with Gasteiger partial charge in [0.2, 0.25) is 5.91 Å². The standard InChI is InChI=1S/C24H29NO6/c1-7-8-18(22(27)28)25-19(26)10-15-12(2)14-9-16-17(24(4,5)6)11-30-20(16)13(3)21(14)31-23(15)29/h9,11,18H,7-8,10H2,1-6H3,(H,25,26)(H,27,28). The average molecular weight is 427 g/mol. The molecular formula is C24H29NO6. The van der Waals surface area contributed by atoms with Crippen molar-refractivity contribution in [2.24, 2.45) is 0 Å². The molecule has 2 aromatic heterocycles. The lowest BCUT2D eigenvalue weighted by atomic mass is 9.86. The van der Waals surface area contributed by atoms with Gasteiger partial charge in [0.05, 0.1) is 18.2 Å². The van der Waals surface area contributed by atoms with Crippen molar-refractivity contribution in [3.8, 4) is 0 Å². The summed E-state index contributed by atoms with van der Waals surface area (Å²) in [5, 5.41) is 13.5. The second-order valence-corrected chi connectivity index (χ2v) is 9.07. The van der Waals surface area contributed by atoms with E-state index in [9.17, 15) is 19.5 Å². The number of benzene rings is 1. The number of carboxylic acid groups (broad SMARTS) is 1. The molecule has 3 aromatic rings. The predicted molar refractivity (Wildman–Crippen MR) is 119 cm³/mol. The second-order valence-electron chi connectivity index (χ2n) is 9.07. The highest BCUT2D eigenvalue weighted by molar-refractivity contribution is 6.00. The molecular weight excluding hydrogens is 398 g/mol. The fourth-order valence-corrected chi connectivity index (χ4v) is 3.93. The normalized spacial score (nSPS) is 13.0. The summed E-state index contributed by atoms with van der Waals surface area (Å²) in [6.45, 7) is 11.8. The molecule has 0 saturated carbocycles. The molecule has 2 N–H and O–H groups in total. The van der Waals surface area contributed by atoms with Crippen LogP contribution < -0.4 is 10.9 Å². The number of amides is 1. The Kier molecular flexibility index (Phi) is 5.98. The molecule has 1 amide bonds. The van der Waals surface area contributed by atoms with Crippen LogP contribution in [0.5, 0.6) is 0 Å². The number of fused-ring (bicyclic) bond motifs is 2. The Balaban J connectivity index is 2.09. The van der Waals surface area contributed by atoms with Crippen LogP contribution in [0.3, 0.4) is 0 Å². The summed E-state index contributed by atoms with van der Waals surface area (Å²) >= 11 is 0. The Hall–Kier alpha value is -3.09. The van der Waals surface area contributed by atoms with Gasteiger partial charge >= 0.3 is 11.6 Å². The summed E-state index contributed by atoms with van der Waals surface area (Å²) < 4.78 is 11.4. The highest BCUT2D eigenvalue weighted by Gasteiger charge is 2.25. The monoisotopic (exact) mass is 427 g/mol. The maximum atomic E-state index is 12.7. The van der Waals surface area contributed by atoms with Crippen molar-refractivity contribution in [1.29, 1.82) is 0 Å². The van der Waals surface area contributed by atoms with Gasteiger partial charge in [0.25, 0.3) is 0 Å². The highest BCUT2D eigenvalue weighted by atomic mass is 16.4. The Bertz CT molecular complexity index is 1230. The molecule has 1 atom stereocenters. The zero-order valence-electron chi connectivity index (χ0n) is 18.8. The molecule has 31 heavy (non-hydrogen) atoms. The summed E-state index contributed by atoms with van der Waals surface area (Å²) in [7, 11) is 0. The van der Waals surface area contributed by atoms with Crippen LogP contribution in [0.15, 0.2) is 26.0 Å². The minimum absolute atomic E-state index is 0.136. The van der Waals surface area contributed by atoms with Crippen molar-refractivity contribution in [2.75, 3.05) is 0 Å². The predicted octanol–water partition coefficient (Wildman–Crippen LogP) is 4.37. The van der Waals surface area contributed by atoms with Crippen LogP contribution >= 0.6 is 0 Å². The first-order valence-electron chi connectivity index (χ1n) is 10.4. The molecule has 1 unspecified atom stereocenters. The lowest BCUT2D eigenvalue weighted by molar-refractivity contribution is -0.141. The number of aliphatic carboxylic acids is 1. The van der Waals surface area contributed by atoms with Gasteiger partial charge in [-0.2, -0.15) is 0 Å². The maximum Gasteiger partial charge on any atom is 0.340 e. The largest absolute Gasteiger partial charge is 0.480 e. The van der Waals surface area contributed by atoms with Crippen molar-refractivity contribution < 1.29 is 23.5 Å². The molecule has 1 aromatic carbocycles. The quantitative estimate of drug-likeness (QED) is 0.566. The molecule has 0 fully saturated rings. The van der Waals surface area contributed by atoms with Crippen LogP contribution in [0.2, 0.25) is 0 Å². The van der Waals surface area contributed by atoms with E-state index in [1.807, 2.05) is 19.9 Å². The van der Waals surface area contributed by atoms with Gasteiger partial charge in [-0.3, -0.25) is 4.79 Å². The van der Waals surface area contributed by atoms with E-state index in [2.05, 4.69) is 26.1 Å². The Morgan fingerprint density at radius 2 is 1.81 bits per heavy atom. The molecule has 0 spiro atoms. The number of carbonyl (C=O) groups excluding carboxylic acids is 1. The summed E-state index contributed by atoms with van der Waals surface area (Å²) in [5.41, 5.74) is 3.02. The molecule has 3 rings (SSSR count). The van der Waals surface area contributed by atoms with Crippen LogP contribution in [0.1, 0.15) is 62.8 Å². The highest BCUT2D eigenvalue weighted by Crippen LogP contribution is 2.37. The molecule has 0 aliphatic rings. The Morgan fingerprint density at radius 3 is 2.39 bits per heavy atom.